The third-order valence-electron chi connectivity index (χ3n) is 6.06. The molecule has 0 aromatic heterocycles. The van der Waals surface area contributed by atoms with Gasteiger partial charge < -0.3 is 9.64 Å². The number of morpholine rings is 1. The van der Waals surface area contributed by atoms with Crippen LogP contribution in [0.1, 0.15) is 37.2 Å². The van der Waals surface area contributed by atoms with E-state index in [1.165, 1.54) is 24.9 Å². The Bertz CT molecular complexity index is 559. The molecule has 0 bridgehead atoms. The smallest absolute Gasteiger partial charge is 0.230 e. The van der Waals surface area contributed by atoms with E-state index in [1.54, 1.807) is 0 Å². The van der Waals surface area contributed by atoms with Gasteiger partial charge in [0, 0.05) is 32.7 Å². The van der Waals surface area contributed by atoms with E-state index in [1.807, 2.05) is 6.07 Å². The van der Waals surface area contributed by atoms with Crippen LogP contribution in [0.5, 0.6) is 0 Å². The zero-order valence-corrected chi connectivity index (χ0v) is 15.1. The molecular weight excluding hydrogens is 312 g/mol. The summed E-state index contributed by atoms with van der Waals surface area (Å²) in [6.45, 7) is 6.92. The molecule has 1 atom stereocenters. The maximum absolute atomic E-state index is 13.2. The van der Waals surface area contributed by atoms with Crippen LogP contribution in [0.25, 0.3) is 0 Å². The molecule has 1 amide bonds. The van der Waals surface area contributed by atoms with E-state index in [4.69, 9.17) is 4.74 Å². The summed E-state index contributed by atoms with van der Waals surface area (Å²) in [5.74, 6) is 1.77. The molecule has 3 aliphatic rings. The van der Waals surface area contributed by atoms with E-state index < -0.39 is 0 Å². The van der Waals surface area contributed by atoms with Gasteiger partial charge >= 0.3 is 0 Å². The first-order valence-corrected chi connectivity index (χ1v) is 9.95. The van der Waals surface area contributed by atoms with E-state index >= 15 is 0 Å². The van der Waals surface area contributed by atoms with Crippen LogP contribution in [-0.2, 0) is 9.53 Å². The van der Waals surface area contributed by atoms with E-state index in [0.717, 1.165) is 58.2 Å². The van der Waals surface area contributed by atoms with Gasteiger partial charge in [-0.1, -0.05) is 30.3 Å². The quantitative estimate of drug-likeness (QED) is 0.825. The number of carbonyl (C=O) groups excluding carboxylic acids is 1. The van der Waals surface area contributed by atoms with Crippen LogP contribution >= 0.6 is 0 Å². The van der Waals surface area contributed by atoms with Gasteiger partial charge in [0.25, 0.3) is 0 Å². The maximum Gasteiger partial charge on any atom is 0.230 e. The molecule has 25 heavy (non-hydrogen) atoms. The molecule has 0 unspecified atom stereocenters. The average molecular weight is 342 g/mol. The van der Waals surface area contributed by atoms with E-state index in [0.29, 0.717) is 11.8 Å². The molecule has 4 rings (SSSR count). The Labute approximate surface area is 151 Å². The molecule has 1 aromatic carbocycles. The normalized spacial score (nSPS) is 24.2. The van der Waals surface area contributed by atoms with Crippen molar-refractivity contribution in [2.75, 3.05) is 45.9 Å². The number of ether oxygens (including phenoxy) is 1. The number of nitrogens with zero attached hydrogens (tertiary/aromatic N) is 2. The third kappa shape index (κ3) is 4.24. The SMILES string of the molecule is O=C([C@@H](c1ccccc1)C1CC1)N1CCC(CN2CCOCC2)CC1. The fourth-order valence-corrected chi connectivity index (χ4v) is 4.39. The molecule has 2 saturated heterocycles. The number of hydrogen-bond donors (Lipinski definition) is 0. The Kier molecular flexibility index (Phi) is 5.37. The molecule has 136 valence electrons. The van der Waals surface area contributed by atoms with Crippen LogP contribution in [0.2, 0.25) is 0 Å². The minimum absolute atomic E-state index is 0.0944. The fourth-order valence-electron chi connectivity index (χ4n) is 4.39. The number of amides is 1. The van der Waals surface area contributed by atoms with Crippen LogP contribution < -0.4 is 0 Å². The highest BCUT2D eigenvalue weighted by Gasteiger charge is 2.40. The van der Waals surface area contributed by atoms with E-state index in [2.05, 4.69) is 34.1 Å². The summed E-state index contributed by atoms with van der Waals surface area (Å²) in [5, 5.41) is 0. The highest BCUT2D eigenvalue weighted by Crippen LogP contribution is 2.44. The van der Waals surface area contributed by atoms with Gasteiger partial charge in [0.15, 0.2) is 0 Å². The lowest BCUT2D eigenvalue weighted by molar-refractivity contribution is -0.134. The van der Waals surface area contributed by atoms with Crippen LogP contribution in [0.4, 0.5) is 0 Å². The molecule has 2 heterocycles. The zero-order valence-electron chi connectivity index (χ0n) is 15.1. The predicted molar refractivity (Wildman–Crippen MR) is 98.5 cm³/mol. The van der Waals surface area contributed by atoms with Crippen LogP contribution in [0, 0.1) is 11.8 Å². The molecule has 1 aliphatic carbocycles. The minimum Gasteiger partial charge on any atom is -0.379 e. The Hall–Kier alpha value is -1.39. The molecule has 4 nitrogen and oxygen atoms in total. The standard InChI is InChI=1S/C21H30N2O2/c24-21(20(19-6-7-19)18-4-2-1-3-5-18)23-10-8-17(9-11-23)16-22-12-14-25-15-13-22/h1-5,17,19-20H,6-16H2/t20-/m0/s1. The highest BCUT2D eigenvalue weighted by molar-refractivity contribution is 5.84. The molecule has 1 saturated carbocycles. The lowest BCUT2D eigenvalue weighted by Gasteiger charge is -2.37. The van der Waals surface area contributed by atoms with Gasteiger partial charge in [0.1, 0.15) is 0 Å². The summed E-state index contributed by atoms with van der Waals surface area (Å²) < 4.78 is 5.44. The monoisotopic (exact) mass is 342 g/mol. The van der Waals surface area contributed by atoms with Crippen molar-refractivity contribution >= 4 is 5.91 Å². The molecule has 3 fully saturated rings. The van der Waals surface area contributed by atoms with E-state index in [9.17, 15) is 4.79 Å². The number of carbonyl (C=O) groups is 1. The Morgan fingerprint density at radius 2 is 1.68 bits per heavy atom. The van der Waals surface area contributed by atoms with Crippen molar-refractivity contribution in [1.29, 1.82) is 0 Å². The molecule has 4 heteroatoms. The first-order valence-electron chi connectivity index (χ1n) is 9.95. The second kappa shape index (κ2) is 7.88. The second-order valence-electron chi connectivity index (χ2n) is 7.91. The topological polar surface area (TPSA) is 32.8 Å². The summed E-state index contributed by atoms with van der Waals surface area (Å²) in [6.07, 6.45) is 4.71. The summed E-state index contributed by atoms with van der Waals surface area (Å²) in [6, 6.07) is 10.4. The van der Waals surface area contributed by atoms with Gasteiger partial charge in [-0.3, -0.25) is 9.69 Å². The zero-order chi connectivity index (χ0) is 17.1. The molecule has 0 spiro atoms. The predicted octanol–water partition coefficient (Wildman–Crippen LogP) is 2.75. The summed E-state index contributed by atoms with van der Waals surface area (Å²) >= 11 is 0. The number of hydrogen-bond acceptors (Lipinski definition) is 3. The highest BCUT2D eigenvalue weighted by atomic mass is 16.5. The summed E-state index contributed by atoms with van der Waals surface area (Å²) in [5.41, 5.74) is 1.21. The lowest BCUT2D eigenvalue weighted by Crippen LogP contribution is -2.45. The number of benzene rings is 1. The van der Waals surface area contributed by atoms with Crippen molar-refractivity contribution in [2.45, 2.75) is 31.6 Å². The van der Waals surface area contributed by atoms with Crippen LogP contribution in [0.3, 0.4) is 0 Å². The Morgan fingerprint density at radius 3 is 2.32 bits per heavy atom. The Morgan fingerprint density at radius 1 is 1.00 bits per heavy atom. The second-order valence-corrected chi connectivity index (χ2v) is 7.91. The van der Waals surface area contributed by atoms with Gasteiger partial charge in [-0.2, -0.15) is 0 Å². The van der Waals surface area contributed by atoms with Crippen molar-refractivity contribution in [3.8, 4) is 0 Å². The van der Waals surface area contributed by atoms with Gasteiger partial charge in [-0.25, -0.2) is 0 Å². The molecular formula is C21H30N2O2. The number of likely N-dealkylation sites (tertiary alicyclic amines) is 1. The largest absolute Gasteiger partial charge is 0.379 e. The molecule has 0 radical (unpaired) electrons. The van der Waals surface area contributed by atoms with Crippen LogP contribution in [0.15, 0.2) is 30.3 Å². The van der Waals surface area contributed by atoms with Crippen molar-refractivity contribution < 1.29 is 9.53 Å². The summed E-state index contributed by atoms with van der Waals surface area (Å²) in [7, 11) is 0. The van der Waals surface area contributed by atoms with Gasteiger partial charge in [-0.15, -0.1) is 0 Å². The molecule has 2 aliphatic heterocycles. The van der Waals surface area contributed by atoms with Crippen molar-refractivity contribution in [1.82, 2.24) is 9.80 Å². The molecule has 1 aromatic rings. The van der Waals surface area contributed by atoms with Crippen LogP contribution in [-0.4, -0.2) is 61.6 Å². The number of rotatable bonds is 5. The Balaban J connectivity index is 1.32. The molecule has 0 N–H and O–H groups in total. The van der Waals surface area contributed by atoms with Gasteiger partial charge in [0.05, 0.1) is 19.1 Å². The van der Waals surface area contributed by atoms with Crippen molar-refractivity contribution in [2.24, 2.45) is 11.8 Å². The fraction of sp³-hybridized carbons (Fsp3) is 0.667. The first-order chi connectivity index (χ1) is 12.3. The first kappa shape index (κ1) is 17.0. The van der Waals surface area contributed by atoms with Gasteiger partial charge in [-0.05, 0) is 43.1 Å². The van der Waals surface area contributed by atoms with Crippen molar-refractivity contribution in [3.05, 3.63) is 35.9 Å². The third-order valence-corrected chi connectivity index (χ3v) is 6.06. The van der Waals surface area contributed by atoms with Gasteiger partial charge in [0.2, 0.25) is 5.91 Å². The average Bonchev–Trinajstić information content (AvgIpc) is 3.49. The lowest BCUT2D eigenvalue weighted by atomic mass is 9.90. The number of piperidine rings is 1. The summed E-state index contributed by atoms with van der Waals surface area (Å²) in [4.78, 5) is 17.9. The van der Waals surface area contributed by atoms with Crippen molar-refractivity contribution in [3.63, 3.8) is 0 Å². The maximum atomic E-state index is 13.2. The minimum atomic E-state index is 0.0944. The van der Waals surface area contributed by atoms with E-state index in [-0.39, 0.29) is 5.92 Å².